The highest BCUT2D eigenvalue weighted by Crippen LogP contribution is 2.14. The highest BCUT2D eigenvalue weighted by Gasteiger charge is 2.05. The van der Waals surface area contributed by atoms with E-state index in [1.165, 1.54) is 0 Å². The summed E-state index contributed by atoms with van der Waals surface area (Å²) in [6, 6.07) is 7.74. The molecule has 0 saturated carbocycles. The van der Waals surface area contributed by atoms with Crippen molar-refractivity contribution in [2.75, 3.05) is 18.5 Å². The van der Waals surface area contributed by atoms with E-state index in [9.17, 15) is 0 Å². The molecule has 0 aromatic carbocycles. The van der Waals surface area contributed by atoms with Gasteiger partial charge in [-0.1, -0.05) is 13.0 Å². The van der Waals surface area contributed by atoms with Crippen LogP contribution >= 0.6 is 0 Å². The van der Waals surface area contributed by atoms with E-state index in [1.54, 1.807) is 6.20 Å². The lowest BCUT2D eigenvalue weighted by Gasteiger charge is -2.09. The van der Waals surface area contributed by atoms with E-state index in [-0.39, 0.29) is 0 Å². The second-order valence-electron chi connectivity index (χ2n) is 4.71. The van der Waals surface area contributed by atoms with Crippen molar-refractivity contribution in [2.45, 2.75) is 33.1 Å². The Hall–Kier alpha value is -2.17. The monoisotopic (exact) mass is 286 g/mol. The number of hydrogen-bond acceptors (Lipinski definition) is 5. The summed E-state index contributed by atoms with van der Waals surface area (Å²) in [4.78, 5) is 13.2. The summed E-state index contributed by atoms with van der Waals surface area (Å²) in [6.07, 6.45) is 4.44. The molecule has 21 heavy (non-hydrogen) atoms. The average Bonchev–Trinajstić information content (AvgIpc) is 2.49. The third-order valence-corrected chi connectivity index (χ3v) is 2.91. The maximum absolute atomic E-state index is 5.75. The SMILES string of the molecule is CCCc1nc(NCC)cc(OCCc2ccccn2)n1. The molecule has 2 heterocycles. The molecule has 0 fully saturated rings. The van der Waals surface area contributed by atoms with Gasteiger partial charge in [0.05, 0.1) is 6.61 Å². The lowest BCUT2D eigenvalue weighted by atomic mass is 10.3. The zero-order valence-corrected chi connectivity index (χ0v) is 12.7. The van der Waals surface area contributed by atoms with Crippen molar-refractivity contribution < 1.29 is 4.74 Å². The zero-order valence-electron chi connectivity index (χ0n) is 12.7. The lowest BCUT2D eigenvalue weighted by Crippen LogP contribution is -2.08. The first kappa shape index (κ1) is 15.2. The first-order valence-corrected chi connectivity index (χ1v) is 7.46. The first-order chi connectivity index (χ1) is 10.3. The lowest BCUT2D eigenvalue weighted by molar-refractivity contribution is 0.306. The van der Waals surface area contributed by atoms with Crippen LogP contribution in [0.1, 0.15) is 31.8 Å². The number of pyridine rings is 1. The molecule has 0 bridgehead atoms. The molecule has 5 nitrogen and oxygen atoms in total. The maximum atomic E-state index is 5.75. The standard InChI is InChI=1S/C16H22N4O/c1-3-7-14-19-15(17-4-2)12-16(20-14)21-11-9-13-8-5-6-10-18-13/h5-6,8,10,12H,3-4,7,9,11H2,1-2H3,(H,17,19,20). The fourth-order valence-electron chi connectivity index (χ4n) is 1.96. The number of ether oxygens (including phenoxy) is 1. The number of nitrogens with zero attached hydrogens (tertiary/aromatic N) is 3. The summed E-state index contributed by atoms with van der Waals surface area (Å²) in [5, 5.41) is 3.21. The van der Waals surface area contributed by atoms with E-state index in [4.69, 9.17) is 4.74 Å². The molecule has 0 aliphatic carbocycles. The van der Waals surface area contributed by atoms with Crippen molar-refractivity contribution >= 4 is 5.82 Å². The van der Waals surface area contributed by atoms with Crippen molar-refractivity contribution in [2.24, 2.45) is 0 Å². The van der Waals surface area contributed by atoms with Crippen molar-refractivity contribution in [1.29, 1.82) is 0 Å². The number of aryl methyl sites for hydroxylation is 1. The van der Waals surface area contributed by atoms with Crippen LogP contribution in [0.3, 0.4) is 0 Å². The molecule has 0 saturated heterocycles. The van der Waals surface area contributed by atoms with Crippen LogP contribution in [-0.4, -0.2) is 28.1 Å². The van der Waals surface area contributed by atoms with Crippen LogP contribution in [0.15, 0.2) is 30.5 Å². The van der Waals surface area contributed by atoms with Crippen LogP contribution in [0.5, 0.6) is 5.88 Å². The maximum Gasteiger partial charge on any atom is 0.218 e. The highest BCUT2D eigenvalue weighted by atomic mass is 16.5. The Kier molecular flexibility index (Phi) is 5.94. The van der Waals surface area contributed by atoms with Gasteiger partial charge in [0.2, 0.25) is 5.88 Å². The van der Waals surface area contributed by atoms with Crippen LogP contribution in [0.2, 0.25) is 0 Å². The molecule has 0 aliphatic rings. The third-order valence-electron chi connectivity index (χ3n) is 2.91. The molecule has 0 radical (unpaired) electrons. The van der Waals surface area contributed by atoms with Crippen LogP contribution in [-0.2, 0) is 12.8 Å². The predicted octanol–water partition coefficient (Wildman–Crippen LogP) is 2.88. The van der Waals surface area contributed by atoms with E-state index in [2.05, 4.69) is 27.2 Å². The van der Waals surface area contributed by atoms with Gasteiger partial charge in [-0.25, -0.2) is 4.98 Å². The largest absolute Gasteiger partial charge is 0.477 e. The van der Waals surface area contributed by atoms with E-state index in [0.717, 1.165) is 43.1 Å². The molecule has 2 rings (SSSR count). The average molecular weight is 286 g/mol. The van der Waals surface area contributed by atoms with Gasteiger partial charge in [-0.15, -0.1) is 0 Å². The van der Waals surface area contributed by atoms with Crippen LogP contribution in [0.25, 0.3) is 0 Å². The van der Waals surface area contributed by atoms with Crippen LogP contribution in [0, 0.1) is 0 Å². The molecule has 0 atom stereocenters. The molecule has 0 amide bonds. The molecule has 1 N–H and O–H groups in total. The van der Waals surface area contributed by atoms with Gasteiger partial charge in [0.25, 0.3) is 0 Å². The van der Waals surface area contributed by atoms with Gasteiger partial charge in [-0.3, -0.25) is 4.98 Å². The first-order valence-electron chi connectivity index (χ1n) is 7.46. The van der Waals surface area contributed by atoms with E-state index in [0.29, 0.717) is 12.5 Å². The smallest absolute Gasteiger partial charge is 0.218 e. The summed E-state index contributed by atoms with van der Waals surface area (Å²) in [5.41, 5.74) is 1.02. The molecule has 0 aliphatic heterocycles. The van der Waals surface area contributed by atoms with Crippen LogP contribution < -0.4 is 10.1 Å². The Morgan fingerprint density at radius 1 is 1.14 bits per heavy atom. The van der Waals surface area contributed by atoms with Crippen LogP contribution in [0.4, 0.5) is 5.82 Å². The van der Waals surface area contributed by atoms with Gasteiger partial charge in [-0.05, 0) is 25.5 Å². The Labute approximate surface area is 125 Å². The van der Waals surface area contributed by atoms with Gasteiger partial charge in [0.1, 0.15) is 11.6 Å². The summed E-state index contributed by atoms with van der Waals surface area (Å²) >= 11 is 0. The van der Waals surface area contributed by atoms with E-state index >= 15 is 0 Å². The molecular formula is C16H22N4O. The number of rotatable bonds is 8. The van der Waals surface area contributed by atoms with Crippen molar-refractivity contribution in [1.82, 2.24) is 15.0 Å². The normalized spacial score (nSPS) is 10.4. The Bertz CT molecular complexity index is 521. The number of aromatic nitrogens is 3. The van der Waals surface area contributed by atoms with Crippen molar-refractivity contribution in [3.8, 4) is 5.88 Å². The summed E-state index contributed by atoms with van der Waals surface area (Å²) in [6.45, 7) is 5.55. The molecule has 2 aromatic heterocycles. The van der Waals surface area contributed by atoms with E-state index < -0.39 is 0 Å². The topological polar surface area (TPSA) is 59.9 Å². The molecule has 5 heteroatoms. The Morgan fingerprint density at radius 3 is 2.76 bits per heavy atom. The second kappa shape index (κ2) is 8.19. The van der Waals surface area contributed by atoms with Crippen molar-refractivity contribution in [3.63, 3.8) is 0 Å². The molecule has 0 unspecified atom stereocenters. The van der Waals surface area contributed by atoms with Gasteiger partial charge >= 0.3 is 0 Å². The molecule has 0 spiro atoms. The minimum Gasteiger partial charge on any atom is -0.477 e. The predicted molar refractivity (Wildman–Crippen MR) is 83.6 cm³/mol. The van der Waals surface area contributed by atoms with Gasteiger partial charge in [-0.2, -0.15) is 4.98 Å². The van der Waals surface area contributed by atoms with Gasteiger partial charge < -0.3 is 10.1 Å². The fraction of sp³-hybridized carbons (Fsp3) is 0.438. The number of nitrogens with one attached hydrogen (secondary N) is 1. The third kappa shape index (κ3) is 5.02. The number of hydrogen-bond donors (Lipinski definition) is 1. The zero-order chi connectivity index (χ0) is 14.9. The molecular weight excluding hydrogens is 264 g/mol. The highest BCUT2D eigenvalue weighted by molar-refractivity contribution is 5.38. The minimum atomic E-state index is 0.561. The Morgan fingerprint density at radius 2 is 2.05 bits per heavy atom. The van der Waals surface area contributed by atoms with Crippen molar-refractivity contribution in [3.05, 3.63) is 42.0 Å². The summed E-state index contributed by atoms with van der Waals surface area (Å²) in [7, 11) is 0. The quantitative estimate of drug-likeness (QED) is 0.808. The minimum absolute atomic E-state index is 0.561. The molecule has 112 valence electrons. The fourth-order valence-corrected chi connectivity index (χ4v) is 1.96. The second-order valence-corrected chi connectivity index (χ2v) is 4.71. The Balaban J connectivity index is 1.97. The van der Waals surface area contributed by atoms with Gasteiger partial charge in [0.15, 0.2) is 0 Å². The molecule has 2 aromatic rings. The van der Waals surface area contributed by atoms with Gasteiger partial charge in [0, 0.05) is 37.3 Å². The summed E-state index contributed by atoms with van der Waals surface area (Å²) < 4.78 is 5.75. The summed E-state index contributed by atoms with van der Waals surface area (Å²) in [5.74, 6) is 2.27. The van der Waals surface area contributed by atoms with E-state index in [1.807, 2.05) is 31.2 Å². The number of anilines is 1.